The minimum Gasteiger partial charge on any atom is -0.404 e. The summed E-state index contributed by atoms with van der Waals surface area (Å²) < 4.78 is 0. The van der Waals surface area contributed by atoms with E-state index >= 15 is 0 Å². The molecule has 1 saturated heterocycles. The number of nitrogens with two attached hydrogens (primary N) is 1. The van der Waals surface area contributed by atoms with Crippen LogP contribution in [0.25, 0.3) is 0 Å². The van der Waals surface area contributed by atoms with Gasteiger partial charge in [-0.25, -0.2) is 0 Å². The second-order valence-corrected chi connectivity index (χ2v) is 4.60. The lowest BCUT2D eigenvalue weighted by molar-refractivity contribution is 0.140. The van der Waals surface area contributed by atoms with Crippen LogP contribution in [0.15, 0.2) is 16.8 Å². The summed E-state index contributed by atoms with van der Waals surface area (Å²) in [5.41, 5.74) is 6.68. The Morgan fingerprint density at radius 2 is 1.88 bits per heavy atom. The molecule has 0 aromatic rings. The molecule has 0 radical (unpaired) electrons. The molecule has 0 atom stereocenters. The van der Waals surface area contributed by atoms with Crippen molar-refractivity contribution >= 4 is 6.21 Å². The number of aliphatic imine (C=N–C) groups is 1. The largest absolute Gasteiger partial charge is 0.404 e. The Morgan fingerprint density at radius 1 is 1.24 bits per heavy atom. The Balaban J connectivity index is 2.27. The zero-order valence-corrected chi connectivity index (χ0v) is 11.2. The van der Waals surface area contributed by atoms with Gasteiger partial charge in [0.2, 0.25) is 0 Å². The van der Waals surface area contributed by atoms with E-state index in [0.29, 0.717) is 0 Å². The van der Waals surface area contributed by atoms with E-state index in [4.69, 9.17) is 5.73 Å². The lowest BCUT2D eigenvalue weighted by Gasteiger charge is -2.34. The van der Waals surface area contributed by atoms with Crippen molar-refractivity contribution in [1.29, 1.82) is 0 Å². The molecule has 1 heterocycles. The van der Waals surface area contributed by atoms with E-state index in [2.05, 4.69) is 21.7 Å². The highest BCUT2D eigenvalue weighted by Gasteiger charge is 2.16. The first-order valence-electron chi connectivity index (χ1n) is 6.57. The molecule has 0 amide bonds. The van der Waals surface area contributed by atoms with Crippen molar-refractivity contribution in [3.63, 3.8) is 0 Å². The Labute approximate surface area is 105 Å². The molecule has 0 aromatic heterocycles. The molecule has 0 bridgehead atoms. The van der Waals surface area contributed by atoms with Gasteiger partial charge in [-0.3, -0.25) is 9.89 Å². The zero-order chi connectivity index (χ0) is 12.5. The molecule has 0 aromatic carbocycles. The smallest absolute Gasteiger partial charge is 0.0277 e. The van der Waals surface area contributed by atoms with Crippen molar-refractivity contribution in [3.8, 4) is 0 Å². The molecule has 2 N–H and O–H groups in total. The van der Waals surface area contributed by atoms with Crippen LogP contribution in [0.4, 0.5) is 0 Å². The van der Waals surface area contributed by atoms with E-state index in [9.17, 15) is 0 Å². The Bertz CT molecular complexity index is 252. The average molecular weight is 238 g/mol. The van der Waals surface area contributed by atoms with Crippen LogP contribution in [0.2, 0.25) is 0 Å². The molecule has 17 heavy (non-hydrogen) atoms. The van der Waals surface area contributed by atoms with Gasteiger partial charge < -0.3 is 10.6 Å². The summed E-state index contributed by atoms with van der Waals surface area (Å²) in [6.45, 7) is 9.06. The quantitative estimate of drug-likeness (QED) is 0.701. The van der Waals surface area contributed by atoms with Crippen molar-refractivity contribution in [3.05, 3.63) is 11.8 Å². The van der Waals surface area contributed by atoms with Gasteiger partial charge in [-0.1, -0.05) is 13.3 Å². The summed E-state index contributed by atoms with van der Waals surface area (Å²) in [5, 5.41) is 0. The third-order valence-electron chi connectivity index (χ3n) is 3.21. The molecule has 0 spiro atoms. The summed E-state index contributed by atoms with van der Waals surface area (Å²) in [4.78, 5) is 9.02. The second kappa shape index (κ2) is 8.25. The highest BCUT2D eigenvalue weighted by molar-refractivity contribution is 5.78. The number of nitrogens with zero attached hydrogens (tertiary/aromatic N) is 3. The molecule has 1 rings (SSSR count). The maximum Gasteiger partial charge on any atom is 0.0277 e. The molecule has 98 valence electrons. The molecule has 0 aliphatic carbocycles. The van der Waals surface area contributed by atoms with Crippen molar-refractivity contribution in [2.45, 2.75) is 19.8 Å². The highest BCUT2D eigenvalue weighted by Crippen LogP contribution is 2.05. The molecule has 1 fully saturated rings. The average Bonchev–Trinajstić information content (AvgIpc) is 2.37. The summed E-state index contributed by atoms with van der Waals surface area (Å²) in [7, 11) is 1.78. The fourth-order valence-electron chi connectivity index (χ4n) is 2.11. The van der Waals surface area contributed by atoms with Crippen molar-refractivity contribution in [1.82, 2.24) is 9.80 Å². The maximum absolute atomic E-state index is 5.58. The molecular formula is C13H26N4. The first kappa shape index (κ1) is 14.2. The third-order valence-corrected chi connectivity index (χ3v) is 3.21. The van der Waals surface area contributed by atoms with Crippen LogP contribution in [0.5, 0.6) is 0 Å². The fourth-order valence-corrected chi connectivity index (χ4v) is 2.11. The third kappa shape index (κ3) is 5.33. The molecule has 1 aliphatic heterocycles. The summed E-state index contributed by atoms with van der Waals surface area (Å²) >= 11 is 0. The van der Waals surface area contributed by atoms with Crippen LogP contribution < -0.4 is 5.73 Å². The predicted octanol–water partition coefficient (Wildman–Crippen LogP) is 0.947. The Kier molecular flexibility index (Phi) is 6.89. The van der Waals surface area contributed by atoms with Gasteiger partial charge in [0.05, 0.1) is 0 Å². The number of piperazine rings is 1. The van der Waals surface area contributed by atoms with Gasteiger partial charge in [0.1, 0.15) is 0 Å². The first-order chi connectivity index (χ1) is 8.30. The SMILES string of the molecule is CCCCN1CCN(CC(C=NC)=CN)CC1. The summed E-state index contributed by atoms with van der Waals surface area (Å²) in [6.07, 6.45) is 6.11. The van der Waals surface area contributed by atoms with Gasteiger partial charge in [0.25, 0.3) is 0 Å². The minimum absolute atomic E-state index is 0.926. The topological polar surface area (TPSA) is 44.9 Å². The van der Waals surface area contributed by atoms with Gasteiger partial charge in [-0.15, -0.1) is 0 Å². The highest BCUT2D eigenvalue weighted by atomic mass is 15.3. The van der Waals surface area contributed by atoms with E-state index in [1.54, 1.807) is 13.2 Å². The normalized spacial score (nSPS) is 20.2. The zero-order valence-electron chi connectivity index (χ0n) is 11.2. The lowest BCUT2D eigenvalue weighted by Crippen LogP contribution is -2.47. The fraction of sp³-hybridized carbons (Fsp3) is 0.769. The minimum atomic E-state index is 0.926. The number of unbranched alkanes of at least 4 members (excludes halogenated alkanes) is 1. The van der Waals surface area contributed by atoms with Crippen LogP contribution in [0.1, 0.15) is 19.8 Å². The predicted molar refractivity (Wildman–Crippen MR) is 74.5 cm³/mol. The first-order valence-corrected chi connectivity index (χ1v) is 6.57. The van der Waals surface area contributed by atoms with E-state index in [-0.39, 0.29) is 0 Å². The maximum atomic E-state index is 5.58. The van der Waals surface area contributed by atoms with E-state index in [0.717, 1.165) is 25.2 Å². The molecule has 1 aliphatic rings. The van der Waals surface area contributed by atoms with Gasteiger partial charge in [0.15, 0.2) is 0 Å². The second-order valence-electron chi connectivity index (χ2n) is 4.60. The van der Waals surface area contributed by atoms with Gasteiger partial charge in [-0.2, -0.15) is 0 Å². The Morgan fingerprint density at radius 3 is 2.41 bits per heavy atom. The molecule has 0 unspecified atom stereocenters. The summed E-state index contributed by atoms with van der Waals surface area (Å²) in [6, 6.07) is 0. The Hall–Kier alpha value is -0.870. The van der Waals surface area contributed by atoms with Crippen LogP contribution in [-0.2, 0) is 0 Å². The standard InChI is InChI=1S/C13H26N4/c1-3-4-5-16-6-8-17(9-7-16)12-13(10-14)11-15-2/h10-11H,3-9,12,14H2,1-2H3. The molecule has 4 nitrogen and oxygen atoms in total. The van der Waals surface area contributed by atoms with Crippen molar-refractivity contribution in [2.75, 3.05) is 46.3 Å². The van der Waals surface area contributed by atoms with Crippen LogP contribution in [0, 0.1) is 0 Å². The van der Waals surface area contributed by atoms with E-state index < -0.39 is 0 Å². The molecule has 4 heteroatoms. The van der Waals surface area contributed by atoms with Crippen LogP contribution in [-0.4, -0.2) is 62.3 Å². The molecular weight excluding hydrogens is 212 g/mol. The number of rotatable bonds is 6. The van der Waals surface area contributed by atoms with Crippen LogP contribution in [0.3, 0.4) is 0 Å². The lowest BCUT2D eigenvalue weighted by atomic mass is 10.2. The van der Waals surface area contributed by atoms with Gasteiger partial charge >= 0.3 is 0 Å². The van der Waals surface area contributed by atoms with Gasteiger partial charge in [0, 0.05) is 46.0 Å². The van der Waals surface area contributed by atoms with Crippen molar-refractivity contribution < 1.29 is 0 Å². The molecule has 0 saturated carbocycles. The number of hydrogen-bond acceptors (Lipinski definition) is 4. The van der Waals surface area contributed by atoms with Crippen LogP contribution >= 0.6 is 0 Å². The number of hydrogen-bond donors (Lipinski definition) is 1. The van der Waals surface area contributed by atoms with Gasteiger partial charge in [-0.05, 0) is 24.7 Å². The van der Waals surface area contributed by atoms with E-state index in [1.165, 1.54) is 32.5 Å². The monoisotopic (exact) mass is 238 g/mol. The summed E-state index contributed by atoms with van der Waals surface area (Å²) in [5.74, 6) is 0. The van der Waals surface area contributed by atoms with E-state index in [1.807, 2.05) is 6.21 Å². The van der Waals surface area contributed by atoms with Crippen molar-refractivity contribution in [2.24, 2.45) is 10.7 Å².